The number of rotatable bonds is 12. The van der Waals surface area contributed by atoms with Crippen LogP contribution in [0.15, 0.2) is 48.5 Å². The van der Waals surface area contributed by atoms with E-state index < -0.39 is 28.5 Å². The van der Waals surface area contributed by atoms with Crippen molar-refractivity contribution in [1.82, 2.24) is 10.2 Å². The Morgan fingerprint density at radius 3 is 2.00 bits per heavy atom. The van der Waals surface area contributed by atoms with Crippen LogP contribution >= 0.6 is 0 Å². The topological polar surface area (TPSA) is 96.0 Å². The molecule has 0 spiro atoms. The highest BCUT2D eigenvalue weighted by Crippen LogP contribution is 2.60. The molecule has 0 aliphatic heterocycles. The number of nitrogens with one attached hydrogen (secondary N) is 1. The second kappa shape index (κ2) is 12.5. The van der Waals surface area contributed by atoms with Crippen LogP contribution < -0.4 is 14.4 Å². The van der Waals surface area contributed by atoms with Crippen LogP contribution in [0.1, 0.15) is 76.8 Å². The number of carbonyl (C=O) groups excluding carboxylic acids is 2. The van der Waals surface area contributed by atoms with Crippen LogP contribution in [0.3, 0.4) is 0 Å². The third-order valence-electron chi connectivity index (χ3n) is 10.2. The summed E-state index contributed by atoms with van der Waals surface area (Å²) in [6, 6.07) is 14.3. The average Bonchev–Trinajstić information content (AvgIpc) is 2.97. The molecular weight excluding hydrogens is 562 g/mol. The first-order chi connectivity index (χ1) is 20.4. The number of amides is 2. The Hall–Kier alpha value is -3.07. The Balaban J connectivity index is 1.38. The number of hydrogen-bond donors (Lipinski definition) is 1. The first-order valence-electron chi connectivity index (χ1n) is 15.7. The number of nitrogens with zero attached hydrogens (tertiary/aromatic N) is 2. The molecule has 0 heterocycles. The number of methoxy groups -OCH3 is 1. The van der Waals surface area contributed by atoms with Gasteiger partial charge in [-0.1, -0.05) is 31.2 Å². The molecule has 234 valence electrons. The van der Waals surface area contributed by atoms with Gasteiger partial charge in [-0.25, -0.2) is 8.42 Å². The van der Waals surface area contributed by atoms with Gasteiger partial charge in [-0.15, -0.1) is 0 Å². The highest BCUT2D eigenvalue weighted by molar-refractivity contribution is 7.92. The van der Waals surface area contributed by atoms with Crippen LogP contribution in [-0.4, -0.2) is 57.1 Å². The molecule has 4 fully saturated rings. The second-order valence-electron chi connectivity index (χ2n) is 13.4. The van der Waals surface area contributed by atoms with Gasteiger partial charge in [0.15, 0.2) is 0 Å². The molecule has 2 atom stereocenters. The van der Waals surface area contributed by atoms with Gasteiger partial charge < -0.3 is 15.0 Å². The minimum absolute atomic E-state index is 0.0482. The molecule has 0 saturated heterocycles. The number of benzene rings is 2. The SMILES string of the molecule is CC[C@H](C)NC(=O)[C@H](C)N(Cc1ccc(OC)cc1)C(=O)CN(c1ccc(C23CC4CC(CC(C4)C2)C3)cc1)S(C)(=O)=O. The minimum Gasteiger partial charge on any atom is -0.497 e. The zero-order chi connectivity index (χ0) is 30.9. The van der Waals surface area contributed by atoms with Gasteiger partial charge in [-0.3, -0.25) is 13.9 Å². The average molecular weight is 610 g/mol. The van der Waals surface area contributed by atoms with Crippen molar-refractivity contribution in [2.24, 2.45) is 17.8 Å². The fourth-order valence-electron chi connectivity index (χ4n) is 8.03. The first-order valence-corrected chi connectivity index (χ1v) is 17.6. The van der Waals surface area contributed by atoms with Crippen molar-refractivity contribution in [3.63, 3.8) is 0 Å². The summed E-state index contributed by atoms with van der Waals surface area (Å²) in [7, 11) is -2.20. The Bertz CT molecular complexity index is 1370. The molecule has 4 aliphatic carbocycles. The summed E-state index contributed by atoms with van der Waals surface area (Å²) in [6.45, 7) is 5.34. The van der Waals surface area contributed by atoms with E-state index in [1.165, 1.54) is 53.3 Å². The van der Waals surface area contributed by atoms with Gasteiger partial charge in [0.25, 0.3) is 0 Å². The Labute approximate surface area is 257 Å². The summed E-state index contributed by atoms with van der Waals surface area (Å²) in [5, 5.41) is 2.96. The minimum atomic E-state index is -3.79. The van der Waals surface area contributed by atoms with Crippen molar-refractivity contribution in [2.75, 3.05) is 24.2 Å². The van der Waals surface area contributed by atoms with Gasteiger partial charge in [0.2, 0.25) is 21.8 Å². The highest BCUT2D eigenvalue weighted by Gasteiger charge is 2.51. The molecule has 0 radical (unpaired) electrons. The van der Waals surface area contributed by atoms with Crippen LogP contribution in [0.25, 0.3) is 0 Å². The summed E-state index contributed by atoms with van der Waals surface area (Å²) in [5.41, 5.74) is 2.77. The van der Waals surface area contributed by atoms with E-state index >= 15 is 0 Å². The molecule has 1 N–H and O–H groups in total. The molecule has 4 bridgehead atoms. The van der Waals surface area contributed by atoms with E-state index in [0.29, 0.717) is 11.4 Å². The van der Waals surface area contributed by atoms with E-state index in [0.717, 1.165) is 36.0 Å². The van der Waals surface area contributed by atoms with Crippen molar-refractivity contribution in [3.8, 4) is 5.75 Å². The lowest BCUT2D eigenvalue weighted by atomic mass is 9.48. The van der Waals surface area contributed by atoms with Gasteiger partial charge in [0.1, 0.15) is 18.3 Å². The largest absolute Gasteiger partial charge is 0.497 e. The zero-order valence-electron chi connectivity index (χ0n) is 26.2. The molecule has 2 aromatic carbocycles. The van der Waals surface area contributed by atoms with Gasteiger partial charge in [-0.2, -0.15) is 0 Å². The molecule has 4 aliphatic rings. The number of sulfonamides is 1. The lowest BCUT2D eigenvalue weighted by molar-refractivity contribution is -0.139. The fraction of sp³-hybridized carbons (Fsp3) is 0.588. The molecule has 0 unspecified atom stereocenters. The Morgan fingerprint density at radius 1 is 0.953 bits per heavy atom. The molecule has 6 rings (SSSR count). The van der Waals surface area contributed by atoms with Crippen molar-refractivity contribution in [3.05, 3.63) is 59.7 Å². The van der Waals surface area contributed by atoms with Crippen LogP contribution in [0.4, 0.5) is 5.69 Å². The normalized spacial score (nSPS) is 25.6. The highest BCUT2D eigenvalue weighted by atomic mass is 32.2. The summed E-state index contributed by atoms with van der Waals surface area (Å²) in [5.74, 6) is 2.40. The lowest BCUT2D eigenvalue weighted by Crippen LogP contribution is -2.52. The third kappa shape index (κ3) is 6.87. The quantitative estimate of drug-likeness (QED) is 0.354. The maximum atomic E-state index is 13.9. The van der Waals surface area contributed by atoms with Crippen molar-refractivity contribution in [2.45, 2.75) is 89.8 Å². The summed E-state index contributed by atoms with van der Waals surface area (Å²) in [6.07, 6.45) is 9.65. The van der Waals surface area contributed by atoms with Crippen molar-refractivity contribution in [1.29, 1.82) is 0 Å². The second-order valence-corrected chi connectivity index (χ2v) is 15.3. The fourth-order valence-corrected chi connectivity index (χ4v) is 8.88. The Morgan fingerprint density at radius 2 is 1.51 bits per heavy atom. The summed E-state index contributed by atoms with van der Waals surface area (Å²) >= 11 is 0. The molecule has 0 aromatic heterocycles. The van der Waals surface area contributed by atoms with E-state index in [9.17, 15) is 18.0 Å². The van der Waals surface area contributed by atoms with E-state index in [1.54, 1.807) is 26.2 Å². The molecule has 2 aromatic rings. The van der Waals surface area contributed by atoms with Crippen LogP contribution in [-0.2, 0) is 31.6 Å². The number of hydrogen-bond acceptors (Lipinski definition) is 5. The smallest absolute Gasteiger partial charge is 0.244 e. The first kappa shape index (κ1) is 31.4. The van der Waals surface area contributed by atoms with Gasteiger partial charge in [-0.05, 0) is 117 Å². The number of anilines is 1. The van der Waals surface area contributed by atoms with Crippen LogP contribution in [0, 0.1) is 17.8 Å². The van der Waals surface area contributed by atoms with E-state index in [1.807, 2.05) is 38.1 Å². The summed E-state index contributed by atoms with van der Waals surface area (Å²) < 4.78 is 32.6. The lowest BCUT2D eigenvalue weighted by Gasteiger charge is -2.57. The Kier molecular flexibility index (Phi) is 9.12. The van der Waals surface area contributed by atoms with E-state index in [-0.39, 0.29) is 23.9 Å². The van der Waals surface area contributed by atoms with Gasteiger partial charge >= 0.3 is 0 Å². The molecule has 9 heteroatoms. The van der Waals surface area contributed by atoms with Crippen LogP contribution in [0.2, 0.25) is 0 Å². The zero-order valence-corrected chi connectivity index (χ0v) is 27.0. The van der Waals surface area contributed by atoms with Gasteiger partial charge in [0, 0.05) is 12.6 Å². The molecular formula is C34H47N3O5S. The molecule has 2 amide bonds. The van der Waals surface area contributed by atoms with Crippen molar-refractivity contribution >= 4 is 27.5 Å². The predicted molar refractivity (Wildman–Crippen MR) is 169 cm³/mol. The van der Waals surface area contributed by atoms with Gasteiger partial charge in [0.05, 0.1) is 19.1 Å². The monoisotopic (exact) mass is 609 g/mol. The van der Waals surface area contributed by atoms with Crippen LogP contribution in [0.5, 0.6) is 5.75 Å². The molecule has 43 heavy (non-hydrogen) atoms. The predicted octanol–water partition coefficient (Wildman–Crippen LogP) is 5.26. The third-order valence-corrected chi connectivity index (χ3v) is 11.3. The van der Waals surface area contributed by atoms with E-state index in [2.05, 4.69) is 17.4 Å². The maximum absolute atomic E-state index is 13.9. The number of ether oxygens (including phenoxy) is 1. The van der Waals surface area contributed by atoms with Crippen molar-refractivity contribution < 1.29 is 22.7 Å². The molecule has 4 saturated carbocycles. The standard InChI is InChI=1S/C34H47N3O5S/c1-6-23(2)35-33(39)24(3)36(21-25-7-13-31(42-4)14-8-25)32(38)22-37(43(5,40)41)30-11-9-29(10-12-30)34-18-26-15-27(19-34)17-28(16-26)20-34/h7-14,23-24,26-28H,6,15-22H2,1-5H3,(H,35,39)/t23-,24-,26?,27?,28?,34?/m0/s1. The summed E-state index contributed by atoms with van der Waals surface area (Å²) in [4.78, 5) is 28.5. The van der Waals surface area contributed by atoms with E-state index in [4.69, 9.17) is 4.74 Å². The number of carbonyl (C=O) groups is 2. The molecule has 8 nitrogen and oxygen atoms in total. The maximum Gasteiger partial charge on any atom is 0.244 e.